The first kappa shape index (κ1) is 30.6. The van der Waals surface area contributed by atoms with E-state index in [1.165, 1.54) is 44.6 Å². The first-order valence-electron chi connectivity index (χ1n) is 13.4. The van der Waals surface area contributed by atoms with Gasteiger partial charge >= 0.3 is 5.97 Å². The summed E-state index contributed by atoms with van der Waals surface area (Å²) in [7, 11) is -1.37. The van der Waals surface area contributed by atoms with E-state index in [0.717, 1.165) is 11.1 Å². The molecule has 0 aliphatic heterocycles. The van der Waals surface area contributed by atoms with Crippen molar-refractivity contribution in [3.05, 3.63) is 120 Å². The van der Waals surface area contributed by atoms with Gasteiger partial charge in [0, 0.05) is 6.07 Å². The van der Waals surface area contributed by atoms with Crippen LogP contribution in [0.2, 0.25) is 0 Å². The van der Waals surface area contributed by atoms with E-state index in [4.69, 9.17) is 14.2 Å². The van der Waals surface area contributed by atoms with Gasteiger partial charge in [-0.3, -0.25) is 4.79 Å². The zero-order valence-corrected chi connectivity index (χ0v) is 24.2. The van der Waals surface area contributed by atoms with Crippen LogP contribution >= 0.6 is 0 Å². The second kappa shape index (κ2) is 14.0. The quantitative estimate of drug-likeness (QED) is 0.175. The van der Waals surface area contributed by atoms with Crippen molar-refractivity contribution in [2.45, 2.75) is 36.0 Å². The highest BCUT2D eigenvalue weighted by atomic mass is 32.2. The third kappa shape index (κ3) is 7.47. The van der Waals surface area contributed by atoms with E-state index in [0.29, 0.717) is 29.9 Å². The highest BCUT2D eigenvalue weighted by Crippen LogP contribution is 2.41. The molecule has 0 amide bonds. The predicted molar refractivity (Wildman–Crippen MR) is 157 cm³/mol. The Balaban J connectivity index is 1.66. The van der Waals surface area contributed by atoms with E-state index in [9.17, 15) is 22.7 Å². The lowest BCUT2D eigenvalue weighted by molar-refractivity contribution is -0.142. The van der Waals surface area contributed by atoms with Crippen LogP contribution in [-0.4, -0.2) is 33.7 Å². The lowest BCUT2D eigenvalue weighted by Gasteiger charge is -2.25. The van der Waals surface area contributed by atoms with E-state index in [-0.39, 0.29) is 29.5 Å². The Labute approximate surface area is 245 Å². The van der Waals surface area contributed by atoms with Gasteiger partial charge in [-0.1, -0.05) is 54.6 Å². The number of carboxylic acids is 1. The number of sulfone groups is 1. The minimum Gasteiger partial charge on any atom is -0.493 e. The molecule has 0 aromatic heterocycles. The molecule has 0 saturated heterocycles. The van der Waals surface area contributed by atoms with Crippen molar-refractivity contribution in [2.24, 2.45) is 5.92 Å². The Morgan fingerprint density at radius 3 is 2.12 bits per heavy atom. The molecule has 0 aliphatic carbocycles. The fourth-order valence-corrected chi connectivity index (χ4v) is 6.87. The summed E-state index contributed by atoms with van der Waals surface area (Å²) in [5, 5.41) is 8.94. The number of aliphatic carboxylic acids is 1. The van der Waals surface area contributed by atoms with Crippen molar-refractivity contribution in [3.63, 3.8) is 0 Å². The number of hydrogen-bond acceptors (Lipinski definition) is 6. The Morgan fingerprint density at radius 1 is 0.833 bits per heavy atom. The zero-order valence-electron chi connectivity index (χ0n) is 23.4. The highest BCUT2D eigenvalue weighted by molar-refractivity contribution is 7.91. The van der Waals surface area contributed by atoms with Crippen molar-refractivity contribution in [1.82, 2.24) is 0 Å². The van der Waals surface area contributed by atoms with Gasteiger partial charge in [-0.25, -0.2) is 12.8 Å². The summed E-state index contributed by atoms with van der Waals surface area (Å²) in [5.41, 5.74) is 2.13. The molecule has 4 aromatic rings. The second-order valence-corrected chi connectivity index (χ2v) is 11.9. The maximum Gasteiger partial charge on any atom is 0.308 e. The number of rotatable bonds is 14. The highest BCUT2D eigenvalue weighted by Gasteiger charge is 2.40. The first-order chi connectivity index (χ1) is 20.2. The monoisotopic (exact) mass is 592 g/mol. The summed E-state index contributed by atoms with van der Waals surface area (Å²) in [6, 6.07) is 26.2. The topological polar surface area (TPSA) is 99.1 Å². The number of hydrogen-bond donors (Lipinski definition) is 1. The van der Waals surface area contributed by atoms with Gasteiger partial charge in [0.1, 0.15) is 23.4 Å². The molecule has 0 radical (unpaired) electrons. The summed E-state index contributed by atoms with van der Waals surface area (Å²) in [5.74, 6) is -1.74. The molecule has 0 aliphatic rings. The van der Waals surface area contributed by atoms with E-state index < -0.39 is 27.0 Å². The van der Waals surface area contributed by atoms with E-state index >= 15 is 0 Å². The molecule has 1 N–H and O–H groups in total. The van der Waals surface area contributed by atoms with Gasteiger partial charge in [0.2, 0.25) is 0 Å². The van der Waals surface area contributed by atoms with Crippen LogP contribution in [0.15, 0.2) is 102 Å². The number of aryl methyl sites for hydroxylation is 1. The van der Waals surface area contributed by atoms with Crippen molar-refractivity contribution in [1.29, 1.82) is 0 Å². The molecule has 4 aromatic carbocycles. The maximum atomic E-state index is 14.2. The molecule has 0 heterocycles. The Kier molecular flexibility index (Phi) is 10.2. The van der Waals surface area contributed by atoms with Crippen molar-refractivity contribution in [2.75, 3.05) is 14.2 Å². The summed E-state index contributed by atoms with van der Waals surface area (Å²) < 4.78 is 57.9. The molecule has 4 rings (SSSR count). The fraction of sp³-hybridized carbons (Fsp3) is 0.242. The molecular weight excluding hydrogens is 559 g/mol. The van der Waals surface area contributed by atoms with Crippen LogP contribution in [0.5, 0.6) is 17.2 Å². The van der Waals surface area contributed by atoms with Gasteiger partial charge < -0.3 is 19.3 Å². The van der Waals surface area contributed by atoms with Crippen LogP contribution in [-0.2, 0) is 27.7 Å². The largest absolute Gasteiger partial charge is 0.493 e. The molecule has 0 bridgehead atoms. The van der Waals surface area contributed by atoms with Crippen LogP contribution in [0.4, 0.5) is 4.39 Å². The number of carboxylic acid groups (broad SMARTS) is 1. The number of ether oxygens (including phenoxy) is 3. The molecule has 9 heteroatoms. The molecule has 0 saturated carbocycles. The molecule has 2 unspecified atom stereocenters. The van der Waals surface area contributed by atoms with Crippen molar-refractivity contribution in [3.8, 4) is 17.2 Å². The summed E-state index contributed by atoms with van der Waals surface area (Å²) in [6.07, 6.45) is 1.24. The summed E-state index contributed by atoms with van der Waals surface area (Å²) in [4.78, 5) is 12.6. The Hall–Kier alpha value is -4.37. The smallest absolute Gasteiger partial charge is 0.308 e. The van der Waals surface area contributed by atoms with Crippen molar-refractivity contribution >= 4 is 15.8 Å². The van der Waals surface area contributed by atoms with Gasteiger partial charge in [-0.05, 0) is 72.4 Å². The molecule has 0 fully saturated rings. The third-order valence-electron chi connectivity index (χ3n) is 7.05. The van der Waals surface area contributed by atoms with Crippen LogP contribution in [0.1, 0.15) is 34.8 Å². The van der Waals surface area contributed by atoms with Crippen LogP contribution in [0.25, 0.3) is 0 Å². The van der Waals surface area contributed by atoms with Crippen molar-refractivity contribution < 1.29 is 36.9 Å². The zero-order chi connectivity index (χ0) is 30.1. The van der Waals surface area contributed by atoms with Gasteiger partial charge in [0.25, 0.3) is 0 Å². The lowest BCUT2D eigenvalue weighted by atomic mass is 9.92. The number of carbonyl (C=O) groups is 1. The number of methoxy groups -OCH3 is 2. The fourth-order valence-electron chi connectivity index (χ4n) is 4.84. The van der Waals surface area contributed by atoms with Gasteiger partial charge in [0.05, 0.1) is 25.0 Å². The van der Waals surface area contributed by atoms with Gasteiger partial charge in [-0.15, -0.1) is 0 Å². The van der Waals surface area contributed by atoms with Gasteiger partial charge in [-0.2, -0.15) is 0 Å². The predicted octanol–water partition coefficient (Wildman–Crippen LogP) is 6.66. The minimum absolute atomic E-state index is 0.0731. The average molecular weight is 593 g/mol. The Morgan fingerprint density at radius 2 is 1.50 bits per heavy atom. The van der Waals surface area contributed by atoms with Crippen LogP contribution < -0.4 is 14.2 Å². The number of halogens is 1. The molecule has 2 atom stereocenters. The molecular formula is C33H33FO7S. The normalized spacial score (nSPS) is 12.7. The molecule has 42 heavy (non-hydrogen) atoms. The van der Waals surface area contributed by atoms with Gasteiger partial charge in [0.15, 0.2) is 21.3 Å². The first-order valence-corrected chi connectivity index (χ1v) is 15.0. The molecule has 7 nitrogen and oxygen atoms in total. The van der Waals surface area contributed by atoms with Crippen LogP contribution in [0, 0.1) is 11.7 Å². The van der Waals surface area contributed by atoms with E-state index in [2.05, 4.69) is 0 Å². The SMILES string of the molecule is COc1ccc(S(=O)(=O)C(c2ccc(OCc3ccc(F)cc3)cc2)C(CCCc2ccccc2)C(=O)O)cc1OC. The van der Waals surface area contributed by atoms with E-state index in [1.54, 1.807) is 36.4 Å². The molecule has 0 spiro atoms. The van der Waals surface area contributed by atoms with Crippen LogP contribution in [0.3, 0.4) is 0 Å². The summed E-state index contributed by atoms with van der Waals surface area (Å²) >= 11 is 0. The minimum atomic E-state index is -4.22. The number of benzene rings is 4. The lowest BCUT2D eigenvalue weighted by Crippen LogP contribution is -2.29. The van der Waals surface area contributed by atoms with E-state index in [1.807, 2.05) is 30.3 Å². The standard InChI is InChI=1S/C33H33FO7S/c1-39-30-20-19-28(21-31(30)40-2)42(37,38)32(29(33(35)36)10-6-9-23-7-4-3-5-8-23)25-13-17-27(18-14-25)41-22-24-11-15-26(34)16-12-24/h3-5,7-8,11-21,29,32H,6,9-10,22H2,1-2H3,(H,35,36). The average Bonchev–Trinajstić information content (AvgIpc) is 3.00. The maximum absolute atomic E-state index is 14.2. The summed E-state index contributed by atoms with van der Waals surface area (Å²) in [6.45, 7) is 0.185. The molecule has 220 valence electrons. The third-order valence-corrected chi connectivity index (χ3v) is 9.23. The Bertz CT molecular complexity index is 1570. The second-order valence-electron chi connectivity index (χ2n) is 9.79.